The maximum absolute atomic E-state index is 5.87. The highest BCUT2D eigenvalue weighted by atomic mass is 35.5. The van der Waals surface area contributed by atoms with Gasteiger partial charge in [0.05, 0.1) is 6.54 Å². The van der Waals surface area contributed by atoms with Crippen molar-refractivity contribution in [3.8, 4) is 5.75 Å². The van der Waals surface area contributed by atoms with Crippen molar-refractivity contribution in [2.45, 2.75) is 25.7 Å². The first kappa shape index (κ1) is 19.9. The van der Waals surface area contributed by atoms with Crippen molar-refractivity contribution in [1.82, 2.24) is 15.1 Å². The Morgan fingerprint density at radius 1 is 1.24 bits per heavy atom. The van der Waals surface area contributed by atoms with Gasteiger partial charge in [0.15, 0.2) is 5.96 Å². The third-order valence-electron chi connectivity index (χ3n) is 4.47. The van der Waals surface area contributed by atoms with Gasteiger partial charge in [0.1, 0.15) is 12.4 Å². The summed E-state index contributed by atoms with van der Waals surface area (Å²) in [4.78, 5) is 9.01. The molecule has 0 unspecified atom stereocenters. The van der Waals surface area contributed by atoms with E-state index in [0.717, 1.165) is 29.8 Å². The predicted octanol–water partition coefficient (Wildman–Crippen LogP) is 3.10. The number of hydrogen-bond acceptors (Lipinski definition) is 3. The highest BCUT2D eigenvalue weighted by molar-refractivity contribution is 6.30. The molecule has 5 nitrogen and oxygen atoms in total. The van der Waals surface area contributed by atoms with Crippen LogP contribution in [0.4, 0.5) is 0 Å². The molecule has 25 heavy (non-hydrogen) atoms. The first-order chi connectivity index (χ1) is 12.2. The molecule has 0 spiro atoms. The van der Waals surface area contributed by atoms with E-state index in [-0.39, 0.29) is 0 Å². The second-order valence-electron chi connectivity index (χ2n) is 6.45. The number of nitrogens with one attached hydrogen (secondary N) is 1. The quantitative estimate of drug-likeness (QED) is 0.414. The maximum atomic E-state index is 5.87. The minimum atomic E-state index is 0.605. The standard InChI is InChI=1S/C19H31ClN4O/c1-21-19(22-11-3-4-12-24-13-5-6-14-24)23(2)15-16-25-18-9-7-17(20)8-10-18/h7-10H,3-6,11-16H2,1-2H3,(H,21,22). The molecule has 1 fully saturated rings. The summed E-state index contributed by atoms with van der Waals surface area (Å²) >= 11 is 5.87. The van der Waals surface area contributed by atoms with E-state index in [1.54, 1.807) is 0 Å². The van der Waals surface area contributed by atoms with Gasteiger partial charge in [0.25, 0.3) is 0 Å². The van der Waals surface area contributed by atoms with Gasteiger partial charge in [0, 0.05) is 25.7 Å². The number of nitrogens with zero attached hydrogens (tertiary/aromatic N) is 3. The monoisotopic (exact) mass is 366 g/mol. The molecule has 1 aliphatic rings. The van der Waals surface area contributed by atoms with Crippen LogP contribution in [0.5, 0.6) is 5.75 Å². The number of likely N-dealkylation sites (N-methyl/N-ethyl adjacent to an activating group) is 1. The van der Waals surface area contributed by atoms with Crippen molar-refractivity contribution >= 4 is 17.6 Å². The largest absolute Gasteiger partial charge is 0.492 e. The Balaban J connectivity index is 1.57. The van der Waals surface area contributed by atoms with E-state index in [1.807, 2.05) is 38.4 Å². The average Bonchev–Trinajstić information content (AvgIpc) is 3.13. The summed E-state index contributed by atoms with van der Waals surface area (Å²) in [5.74, 6) is 1.75. The molecule has 1 aromatic rings. The molecule has 1 aromatic carbocycles. The van der Waals surface area contributed by atoms with Crippen LogP contribution in [0.2, 0.25) is 5.02 Å². The maximum Gasteiger partial charge on any atom is 0.193 e. The second-order valence-corrected chi connectivity index (χ2v) is 6.89. The number of guanidine groups is 1. The van der Waals surface area contributed by atoms with Crippen LogP contribution in [0, 0.1) is 0 Å². The zero-order valence-corrected chi connectivity index (χ0v) is 16.3. The van der Waals surface area contributed by atoms with Crippen LogP contribution < -0.4 is 10.1 Å². The van der Waals surface area contributed by atoms with Gasteiger partial charge in [-0.1, -0.05) is 11.6 Å². The lowest BCUT2D eigenvalue weighted by Crippen LogP contribution is -2.41. The predicted molar refractivity (Wildman–Crippen MR) is 106 cm³/mol. The Bertz CT molecular complexity index is 515. The first-order valence-corrected chi connectivity index (χ1v) is 9.59. The summed E-state index contributed by atoms with van der Waals surface area (Å²) in [6.07, 6.45) is 5.15. The van der Waals surface area contributed by atoms with Crippen LogP contribution in [0.3, 0.4) is 0 Å². The lowest BCUT2D eigenvalue weighted by molar-refractivity contribution is 0.281. The molecule has 6 heteroatoms. The molecule has 1 saturated heterocycles. The number of rotatable bonds is 9. The Morgan fingerprint density at radius 2 is 1.96 bits per heavy atom. The van der Waals surface area contributed by atoms with Crippen molar-refractivity contribution in [3.05, 3.63) is 29.3 Å². The van der Waals surface area contributed by atoms with Crippen molar-refractivity contribution in [3.63, 3.8) is 0 Å². The summed E-state index contributed by atoms with van der Waals surface area (Å²) < 4.78 is 5.74. The number of likely N-dealkylation sites (tertiary alicyclic amines) is 1. The molecular formula is C19H31ClN4O. The molecule has 140 valence electrons. The SMILES string of the molecule is CN=C(NCCCCN1CCCC1)N(C)CCOc1ccc(Cl)cc1. The smallest absolute Gasteiger partial charge is 0.193 e. The number of aliphatic imine (C=N–C) groups is 1. The molecule has 2 rings (SSSR count). The van der Waals surface area contributed by atoms with Crippen molar-refractivity contribution < 1.29 is 4.74 Å². The van der Waals surface area contributed by atoms with E-state index >= 15 is 0 Å². The van der Waals surface area contributed by atoms with Gasteiger partial charge in [0.2, 0.25) is 0 Å². The van der Waals surface area contributed by atoms with Gasteiger partial charge in [-0.25, -0.2) is 0 Å². The van der Waals surface area contributed by atoms with Crippen LogP contribution in [0.25, 0.3) is 0 Å². The molecule has 0 bridgehead atoms. The fraction of sp³-hybridized carbons (Fsp3) is 0.632. The van der Waals surface area contributed by atoms with Crippen LogP contribution in [-0.4, -0.2) is 69.2 Å². The average molecular weight is 367 g/mol. The van der Waals surface area contributed by atoms with Gasteiger partial charge in [-0.3, -0.25) is 4.99 Å². The van der Waals surface area contributed by atoms with Gasteiger partial charge < -0.3 is 19.9 Å². The summed E-state index contributed by atoms with van der Waals surface area (Å²) in [5.41, 5.74) is 0. The summed E-state index contributed by atoms with van der Waals surface area (Å²) in [6.45, 7) is 6.13. The number of hydrogen-bond donors (Lipinski definition) is 1. The summed E-state index contributed by atoms with van der Waals surface area (Å²) in [5, 5.41) is 4.16. The van der Waals surface area contributed by atoms with E-state index in [9.17, 15) is 0 Å². The van der Waals surface area contributed by atoms with Crippen LogP contribution in [0.1, 0.15) is 25.7 Å². The summed E-state index contributed by atoms with van der Waals surface area (Å²) in [6, 6.07) is 7.44. The zero-order valence-electron chi connectivity index (χ0n) is 15.5. The molecule has 0 amide bonds. The van der Waals surface area contributed by atoms with E-state index in [0.29, 0.717) is 6.61 Å². The molecule has 0 aliphatic carbocycles. The molecular weight excluding hydrogens is 336 g/mol. The van der Waals surface area contributed by atoms with Crippen LogP contribution in [0.15, 0.2) is 29.3 Å². The van der Waals surface area contributed by atoms with Crippen LogP contribution >= 0.6 is 11.6 Å². The molecule has 0 atom stereocenters. The normalized spacial score (nSPS) is 15.4. The third-order valence-corrected chi connectivity index (χ3v) is 4.72. The van der Waals surface area contributed by atoms with E-state index in [2.05, 4.69) is 20.1 Å². The highest BCUT2D eigenvalue weighted by Gasteiger charge is 2.10. The fourth-order valence-electron chi connectivity index (χ4n) is 2.99. The second kappa shape index (κ2) is 11.2. The number of ether oxygens (including phenoxy) is 1. The number of benzene rings is 1. The van der Waals surface area contributed by atoms with Gasteiger partial charge in [-0.2, -0.15) is 0 Å². The zero-order chi connectivity index (χ0) is 17.9. The lowest BCUT2D eigenvalue weighted by Gasteiger charge is -2.22. The number of unbranched alkanes of at least 4 members (excludes halogenated alkanes) is 1. The molecule has 1 heterocycles. The van der Waals surface area contributed by atoms with E-state index < -0.39 is 0 Å². The molecule has 1 aliphatic heterocycles. The Morgan fingerprint density at radius 3 is 2.64 bits per heavy atom. The third kappa shape index (κ3) is 7.53. The highest BCUT2D eigenvalue weighted by Crippen LogP contribution is 2.15. The molecule has 0 radical (unpaired) electrons. The van der Waals surface area contributed by atoms with E-state index in [1.165, 1.54) is 45.3 Å². The van der Waals surface area contributed by atoms with E-state index in [4.69, 9.17) is 16.3 Å². The van der Waals surface area contributed by atoms with Gasteiger partial charge >= 0.3 is 0 Å². The van der Waals surface area contributed by atoms with Gasteiger partial charge in [-0.05, 0) is 69.6 Å². The molecule has 0 aromatic heterocycles. The minimum absolute atomic E-state index is 0.605. The Hall–Kier alpha value is -1.46. The molecule has 0 saturated carbocycles. The molecule has 1 N–H and O–H groups in total. The van der Waals surface area contributed by atoms with Gasteiger partial charge in [-0.15, -0.1) is 0 Å². The van der Waals surface area contributed by atoms with Crippen molar-refractivity contribution in [2.75, 3.05) is 53.4 Å². The van der Waals surface area contributed by atoms with Crippen molar-refractivity contribution in [1.29, 1.82) is 0 Å². The Labute approximate surface area is 157 Å². The van der Waals surface area contributed by atoms with Crippen molar-refractivity contribution in [2.24, 2.45) is 4.99 Å². The first-order valence-electron chi connectivity index (χ1n) is 9.21. The van der Waals surface area contributed by atoms with Crippen LogP contribution in [-0.2, 0) is 0 Å². The minimum Gasteiger partial charge on any atom is -0.492 e. The topological polar surface area (TPSA) is 40.1 Å². The number of halogens is 1. The lowest BCUT2D eigenvalue weighted by atomic mass is 10.3. The summed E-state index contributed by atoms with van der Waals surface area (Å²) in [7, 11) is 3.86. The Kier molecular flexibility index (Phi) is 8.91. The fourth-order valence-corrected chi connectivity index (χ4v) is 3.11.